The van der Waals surface area contributed by atoms with Crippen molar-refractivity contribution in [1.82, 2.24) is 0 Å². The SMILES string of the molecule is C#CCC(C=C)[C@@](C)(c1cc(-c2cccc(C#C)c2)cs1)C(C)C. The van der Waals surface area contributed by atoms with Gasteiger partial charge in [0.25, 0.3) is 0 Å². The molecule has 0 saturated carbocycles. The maximum absolute atomic E-state index is 5.59. The van der Waals surface area contributed by atoms with Gasteiger partial charge >= 0.3 is 0 Å². The molecule has 1 aromatic heterocycles. The number of hydrogen-bond acceptors (Lipinski definition) is 1. The molecule has 0 spiro atoms. The molecule has 0 saturated heterocycles. The van der Waals surface area contributed by atoms with Crippen LogP contribution < -0.4 is 0 Å². The minimum Gasteiger partial charge on any atom is -0.148 e. The van der Waals surface area contributed by atoms with E-state index >= 15 is 0 Å². The molecular formula is C23H24S. The molecule has 1 heterocycles. The van der Waals surface area contributed by atoms with E-state index in [1.165, 1.54) is 10.4 Å². The van der Waals surface area contributed by atoms with Crippen molar-refractivity contribution in [3.8, 4) is 35.8 Å². The highest BCUT2D eigenvalue weighted by Gasteiger charge is 2.38. The lowest BCUT2D eigenvalue weighted by Gasteiger charge is -2.38. The minimum atomic E-state index is -0.0270. The van der Waals surface area contributed by atoms with Gasteiger partial charge in [0.1, 0.15) is 0 Å². The predicted molar refractivity (Wildman–Crippen MR) is 107 cm³/mol. The summed E-state index contributed by atoms with van der Waals surface area (Å²) >= 11 is 1.79. The monoisotopic (exact) mass is 332 g/mol. The third-order valence-electron chi connectivity index (χ3n) is 5.08. The first kappa shape index (κ1) is 18.1. The Balaban J connectivity index is 2.48. The molecule has 0 radical (unpaired) electrons. The van der Waals surface area contributed by atoms with E-state index in [1.54, 1.807) is 11.3 Å². The number of terminal acetylenes is 2. The van der Waals surface area contributed by atoms with Gasteiger partial charge in [-0.1, -0.05) is 44.9 Å². The van der Waals surface area contributed by atoms with Crippen LogP contribution in [0.3, 0.4) is 0 Å². The van der Waals surface area contributed by atoms with Crippen LogP contribution in [0.15, 0.2) is 48.4 Å². The Morgan fingerprint density at radius 3 is 2.58 bits per heavy atom. The van der Waals surface area contributed by atoms with Crippen LogP contribution in [0.5, 0.6) is 0 Å². The molecule has 0 aliphatic heterocycles. The molecule has 122 valence electrons. The molecule has 24 heavy (non-hydrogen) atoms. The summed E-state index contributed by atoms with van der Waals surface area (Å²) < 4.78 is 0. The predicted octanol–water partition coefficient (Wildman–Crippen LogP) is 6.14. The molecule has 0 bridgehead atoms. The number of rotatable bonds is 6. The quantitative estimate of drug-likeness (QED) is 0.440. The van der Waals surface area contributed by atoms with Gasteiger partial charge in [0.05, 0.1) is 0 Å². The number of thiophene rings is 1. The highest BCUT2D eigenvalue weighted by Crippen LogP contribution is 2.45. The Hall–Kier alpha value is -2.22. The zero-order chi connectivity index (χ0) is 17.7. The van der Waals surface area contributed by atoms with Crippen molar-refractivity contribution in [3.05, 3.63) is 58.8 Å². The summed E-state index contributed by atoms with van der Waals surface area (Å²) in [6, 6.07) is 10.4. The first-order valence-electron chi connectivity index (χ1n) is 8.19. The Bertz CT molecular complexity index is 794. The van der Waals surface area contributed by atoms with Gasteiger partial charge < -0.3 is 0 Å². The molecule has 0 amide bonds. The molecule has 0 fully saturated rings. The van der Waals surface area contributed by atoms with Crippen LogP contribution in [0.4, 0.5) is 0 Å². The highest BCUT2D eigenvalue weighted by atomic mass is 32.1. The Morgan fingerprint density at radius 1 is 1.25 bits per heavy atom. The second kappa shape index (κ2) is 7.57. The average molecular weight is 333 g/mol. The Morgan fingerprint density at radius 2 is 2.00 bits per heavy atom. The molecule has 1 unspecified atom stereocenters. The molecule has 1 aromatic carbocycles. The summed E-state index contributed by atoms with van der Waals surface area (Å²) in [6.07, 6.45) is 13.8. The fourth-order valence-electron chi connectivity index (χ4n) is 3.12. The Labute approximate surface area is 150 Å². The van der Waals surface area contributed by atoms with Crippen molar-refractivity contribution in [2.45, 2.75) is 32.6 Å². The normalized spacial score (nSPS) is 14.4. The van der Waals surface area contributed by atoms with Crippen molar-refractivity contribution in [1.29, 1.82) is 0 Å². The summed E-state index contributed by atoms with van der Waals surface area (Å²) in [5.74, 6) is 6.23. The maximum Gasteiger partial charge on any atom is 0.0248 e. The summed E-state index contributed by atoms with van der Waals surface area (Å²) in [5, 5.41) is 2.21. The van der Waals surface area contributed by atoms with Gasteiger partial charge in [0.15, 0.2) is 0 Å². The molecule has 2 rings (SSSR count). The molecule has 0 aliphatic carbocycles. The molecule has 2 atom stereocenters. The van der Waals surface area contributed by atoms with Gasteiger partial charge in [-0.05, 0) is 46.5 Å². The third kappa shape index (κ3) is 3.33. The van der Waals surface area contributed by atoms with E-state index < -0.39 is 0 Å². The zero-order valence-electron chi connectivity index (χ0n) is 14.7. The van der Waals surface area contributed by atoms with E-state index in [0.29, 0.717) is 12.3 Å². The average Bonchev–Trinajstić information content (AvgIpc) is 3.09. The fourth-order valence-corrected chi connectivity index (χ4v) is 4.42. The van der Waals surface area contributed by atoms with Crippen molar-refractivity contribution < 1.29 is 0 Å². The molecule has 1 heteroatoms. The van der Waals surface area contributed by atoms with Crippen LogP contribution in [-0.4, -0.2) is 0 Å². The van der Waals surface area contributed by atoms with Gasteiger partial charge in [-0.15, -0.1) is 36.7 Å². The van der Waals surface area contributed by atoms with Gasteiger partial charge in [-0.3, -0.25) is 0 Å². The lowest BCUT2D eigenvalue weighted by molar-refractivity contribution is 0.261. The van der Waals surface area contributed by atoms with E-state index in [1.807, 2.05) is 18.2 Å². The number of allylic oxidation sites excluding steroid dienone is 1. The first-order chi connectivity index (χ1) is 11.5. The maximum atomic E-state index is 5.59. The molecule has 2 aromatic rings. The Kier molecular flexibility index (Phi) is 5.71. The van der Waals surface area contributed by atoms with E-state index in [-0.39, 0.29) is 11.3 Å². The smallest absolute Gasteiger partial charge is 0.0248 e. The lowest BCUT2D eigenvalue weighted by atomic mass is 9.67. The van der Waals surface area contributed by atoms with Gasteiger partial charge in [-0.2, -0.15) is 0 Å². The topological polar surface area (TPSA) is 0 Å². The van der Waals surface area contributed by atoms with Crippen LogP contribution >= 0.6 is 11.3 Å². The van der Waals surface area contributed by atoms with Gasteiger partial charge in [0.2, 0.25) is 0 Å². The van der Waals surface area contributed by atoms with Crippen LogP contribution in [0.1, 0.15) is 37.6 Å². The second-order valence-corrected chi connectivity index (χ2v) is 7.52. The highest BCUT2D eigenvalue weighted by molar-refractivity contribution is 7.10. The first-order valence-corrected chi connectivity index (χ1v) is 9.07. The van der Waals surface area contributed by atoms with E-state index in [9.17, 15) is 0 Å². The number of hydrogen-bond donors (Lipinski definition) is 0. The van der Waals surface area contributed by atoms with Crippen molar-refractivity contribution in [3.63, 3.8) is 0 Å². The summed E-state index contributed by atoms with van der Waals surface area (Å²) in [4.78, 5) is 1.35. The van der Waals surface area contributed by atoms with Crippen LogP contribution in [-0.2, 0) is 5.41 Å². The molecule has 0 nitrogen and oxygen atoms in total. The second-order valence-electron chi connectivity index (χ2n) is 6.61. The van der Waals surface area contributed by atoms with Crippen LogP contribution in [0.25, 0.3) is 11.1 Å². The van der Waals surface area contributed by atoms with Crippen molar-refractivity contribution in [2.75, 3.05) is 0 Å². The van der Waals surface area contributed by atoms with E-state index in [0.717, 1.165) is 11.1 Å². The lowest BCUT2D eigenvalue weighted by Crippen LogP contribution is -2.35. The third-order valence-corrected chi connectivity index (χ3v) is 6.27. The molecule has 0 aliphatic rings. The van der Waals surface area contributed by atoms with Crippen molar-refractivity contribution >= 4 is 11.3 Å². The summed E-state index contributed by atoms with van der Waals surface area (Å²) in [5.41, 5.74) is 3.25. The largest absolute Gasteiger partial charge is 0.148 e. The minimum absolute atomic E-state index is 0.0270. The van der Waals surface area contributed by atoms with Gasteiger partial charge in [-0.25, -0.2) is 0 Å². The zero-order valence-corrected chi connectivity index (χ0v) is 15.5. The van der Waals surface area contributed by atoms with Gasteiger partial charge in [0, 0.05) is 22.3 Å². The van der Waals surface area contributed by atoms with E-state index in [4.69, 9.17) is 12.8 Å². The summed E-state index contributed by atoms with van der Waals surface area (Å²) in [6.45, 7) is 10.8. The van der Waals surface area contributed by atoms with Crippen LogP contribution in [0.2, 0.25) is 0 Å². The van der Waals surface area contributed by atoms with E-state index in [2.05, 4.69) is 62.8 Å². The summed E-state index contributed by atoms with van der Waals surface area (Å²) in [7, 11) is 0. The molecular weight excluding hydrogens is 308 g/mol. The van der Waals surface area contributed by atoms with Crippen LogP contribution in [0, 0.1) is 36.5 Å². The molecule has 0 N–H and O–H groups in total. The van der Waals surface area contributed by atoms with Crippen molar-refractivity contribution in [2.24, 2.45) is 11.8 Å². The number of benzene rings is 1. The standard InChI is InChI=1S/C23H24S/c1-7-11-21(9-3)23(6,17(4)5)22-15-20(16-24-22)19-13-10-12-18(8-2)14-19/h1-2,9-10,12-17,21H,3,11H2,4-6H3/t21?,23-/m0/s1. The fraction of sp³-hybridized carbons (Fsp3) is 0.304.